The standard InChI is InChI=1S/C24H27F2NO4/c1-2-30-24-20(4-3-13-28)21(17-7-11-19(26)12-8-17)14-22(31-24)23(29)27-15-16-5-9-18(25)10-6-16/h5-12,14,20-21,24,28H,2-4,13,15H2,1H3,(H,27,29)/t20-,21+,24+/m1/s1. The van der Waals surface area contributed by atoms with Crippen LogP contribution in [0, 0.1) is 17.6 Å². The summed E-state index contributed by atoms with van der Waals surface area (Å²) in [6.07, 6.45) is 2.22. The van der Waals surface area contributed by atoms with Crippen molar-refractivity contribution in [3.05, 3.63) is 83.1 Å². The van der Waals surface area contributed by atoms with E-state index in [-0.39, 0.29) is 42.4 Å². The maximum Gasteiger partial charge on any atom is 0.286 e. The molecule has 3 atom stereocenters. The largest absolute Gasteiger partial charge is 0.459 e. The molecule has 0 aromatic heterocycles. The van der Waals surface area contributed by atoms with Gasteiger partial charge in [-0.1, -0.05) is 24.3 Å². The molecule has 0 spiro atoms. The Morgan fingerprint density at radius 2 is 1.74 bits per heavy atom. The topological polar surface area (TPSA) is 67.8 Å². The van der Waals surface area contributed by atoms with Crippen LogP contribution in [0.1, 0.15) is 36.8 Å². The number of halogens is 2. The zero-order chi connectivity index (χ0) is 22.2. The molecule has 2 N–H and O–H groups in total. The normalized spacial score (nSPS) is 20.6. The molecular formula is C24H27F2NO4. The van der Waals surface area contributed by atoms with E-state index >= 15 is 0 Å². The summed E-state index contributed by atoms with van der Waals surface area (Å²) in [5, 5.41) is 12.1. The average Bonchev–Trinajstić information content (AvgIpc) is 2.78. The molecule has 0 aliphatic carbocycles. The minimum atomic E-state index is -0.678. The number of benzene rings is 2. The Bertz CT molecular complexity index is 883. The van der Waals surface area contributed by atoms with E-state index in [1.165, 1.54) is 24.3 Å². The van der Waals surface area contributed by atoms with Gasteiger partial charge in [0.2, 0.25) is 6.29 Å². The molecule has 0 radical (unpaired) electrons. The first-order valence-electron chi connectivity index (χ1n) is 10.4. The smallest absolute Gasteiger partial charge is 0.286 e. The summed E-state index contributed by atoms with van der Waals surface area (Å²) in [7, 11) is 0. The highest BCUT2D eigenvalue weighted by Crippen LogP contribution is 2.39. The molecule has 5 nitrogen and oxygen atoms in total. The van der Waals surface area contributed by atoms with E-state index in [2.05, 4.69) is 5.32 Å². The lowest BCUT2D eigenvalue weighted by atomic mass is 9.80. The lowest BCUT2D eigenvalue weighted by molar-refractivity contribution is -0.166. The molecule has 2 aromatic rings. The third-order valence-electron chi connectivity index (χ3n) is 5.26. The van der Waals surface area contributed by atoms with Gasteiger partial charge in [-0.2, -0.15) is 0 Å². The lowest BCUT2D eigenvalue weighted by Gasteiger charge is -2.37. The number of aliphatic hydroxyl groups excluding tert-OH is 1. The SMILES string of the molecule is CCO[C@H]1OC(C(=O)NCc2ccc(F)cc2)=C[C@@H](c2ccc(F)cc2)[C@H]1CCCO. The van der Waals surface area contributed by atoms with E-state index < -0.39 is 12.2 Å². The second-order valence-electron chi connectivity index (χ2n) is 7.39. The predicted octanol–water partition coefficient (Wildman–Crippen LogP) is 4.03. The molecule has 3 rings (SSSR count). The van der Waals surface area contributed by atoms with Gasteiger partial charge in [-0.05, 0) is 61.2 Å². The fourth-order valence-corrected chi connectivity index (χ4v) is 3.70. The Morgan fingerprint density at radius 1 is 1.10 bits per heavy atom. The molecule has 0 fully saturated rings. The Kier molecular flexibility index (Phi) is 8.14. The van der Waals surface area contributed by atoms with Gasteiger partial charge < -0.3 is 19.9 Å². The number of rotatable bonds is 9. The maximum atomic E-state index is 13.5. The molecule has 31 heavy (non-hydrogen) atoms. The van der Waals surface area contributed by atoms with Crippen molar-refractivity contribution in [2.45, 2.75) is 38.5 Å². The summed E-state index contributed by atoms with van der Waals surface area (Å²) in [6.45, 7) is 2.47. The summed E-state index contributed by atoms with van der Waals surface area (Å²) in [4.78, 5) is 12.8. The second-order valence-corrected chi connectivity index (χ2v) is 7.39. The molecule has 1 aliphatic rings. The van der Waals surface area contributed by atoms with Crippen LogP contribution >= 0.6 is 0 Å². The molecule has 166 valence electrons. The number of allylic oxidation sites excluding steroid dienone is 1. The van der Waals surface area contributed by atoms with Gasteiger partial charge in [0, 0.05) is 31.6 Å². The average molecular weight is 431 g/mol. The molecule has 0 saturated heterocycles. The highest BCUT2D eigenvalue weighted by molar-refractivity contribution is 5.91. The van der Waals surface area contributed by atoms with E-state index in [4.69, 9.17) is 9.47 Å². The summed E-state index contributed by atoms with van der Waals surface area (Å²) in [6, 6.07) is 12.0. The van der Waals surface area contributed by atoms with E-state index in [1.807, 2.05) is 6.92 Å². The minimum Gasteiger partial charge on any atom is -0.459 e. The van der Waals surface area contributed by atoms with Gasteiger partial charge in [0.15, 0.2) is 5.76 Å². The first kappa shape index (κ1) is 22.9. The van der Waals surface area contributed by atoms with Crippen LogP contribution in [-0.2, 0) is 20.8 Å². The minimum absolute atomic E-state index is 0.0280. The summed E-state index contributed by atoms with van der Waals surface area (Å²) < 4.78 is 38.2. The van der Waals surface area contributed by atoms with Gasteiger partial charge >= 0.3 is 0 Å². The van der Waals surface area contributed by atoms with Crippen LogP contribution in [0.3, 0.4) is 0 Å². The summed E-state index contributed by atoms with van der Waals surface area (Å²) in [5.41, 5.74) is 1.59. The number of hydrogen-bond donors (Lipinski definition) is 2. The van der Waals surface area contributed by atoms with Crippen LogP contribution in [0.2, 0.25) is 0 Å². The van der Waals surface area contributed by atoms with Crippen molar-refractivity contribution >= 4 is 5.91 Å². The van der Waals surface area contributed by atoms with E-state index in [0.717, 1.165) is 11.1 Å². The number of hydrogen-bond acceptors (Lipinski definition) is 4. The highest BCUT2D eigenvalue weighted by Gasteiger charge is 2.37. The third kappa shape index (κ3) is 6.12. The van der Waals surface area contributed by atoms with Crippen molar-refractivity contribution in [1.82, 2.24) is 5.32 Å². The number of nitrogens with one attached hydrogen (secondary N) is 1. The molecule has 1 aliphatic heterocycles. The fraction of sp³-hybridized carbons (Fsp3) is 0.375. The van der Waals surface area contributed by atoms with Gasteiger partial charge in [-0.25, -0.2) is 8.78 Å². The first-order valence-corrected chi connectivity index (χ1v) is 10.4. The zero-order valence-corrected chi connectivity index (χ0v) is 17.4. The first-order chi connectivity index (χ1) is 15.0. The Morgan fingerprint density at radius 3 is 2.35 bits per heavy atom. The molecular weight excluding hydrogens is 404 g/mol. The van der Waals surface area contributed by atoms with Crippen LogP contribution in [0.5, 0.6) is 0 Å². The van der Waals surface area contributed by atoms with Gasteiger partial charge in [0.1, 0.15) is 11.6 Å². The van der Waals surface area contributed by atoms with Gasteiger partial charge in [-0.15, -0.1) is 0 Å². The summed E-state index contributed by atoms with van der Waals surface area (Å²) in [5.74, 6) is -1.37. The lowest BCUT2D eigenvalue weighted by Crippen LogP contribution is -2.39. The Hall–Kier alpha value is -2.77. The predicted molar refractivity (Wildman–Crippen MR) is 112 cm³/mol. The van der Waals surface area contributed by atoms with Gasteiger partial charge in [-0.3, -0.25) is 4.79 Å². The third-order valence-corrected chi connectivity index (χ3v) is 5.26. The van der Waals surface area contributed by atoms with Crippen LogP contribution in [0.15, 0.2) is 60.4 Å². The van der Waals surface area contributed by atoms with E-state index in [0.29, 0.717) is 19.4 Å². The van der Waals surface area contributed by atoms with Crippen molar-refractivity contribution < 1.29 is 28.2 Å². The molecule has 2 aromatic carbocycles. The van der Waals surface area contributed by atoms with Crippen LogP contribution in [0.4, 0.5) is 8.78 Å². The van der Waals surface area contributed by atoms with Crippen LogP contribution in [0.25, 0.3) is 0 Å². The van der Waals surface area contributed by atoms with E-state index in [9.17, 15) is 18.7 Å². The quantitative estimate of drug-likeness (QED) is 0.629. The molecule has 1 amide bonds. The maximum absolute atomic E-state index is 13.5. The van der Waals surface area contributed by atoms with Crippen molar-refractivity contribution in [3.63, 3.8) is 0 Å². The molecule has 1 heterocycles. The second kappa shape index (κ2) is 11.0. The van der Waals surface area contributed by atoms with Gasteiger partial charge in [0.25, 0.3) is 5.91 Å². The van der Waals surface area contributed by atoms with E-state index in [1.54, 1.807) is 30.3 Å². The summed E-state index contributed by atoms with van der Waals surface area (Å²) >= 11 is 0. The molecule has 0 saturated carbocycles. The highest BCUT2D eigenvalue weighted by atomic mass is 19.1. The molecule has 0 bridgehead atoms. The Balaban J connectivity index is 1.83. The fourth-order valence-electron chi connectivity index (χ4n) is 3.70. The number of carbonyl (C=O) groups is 1. The Labute approximate surface area is 180 Å². The van der Waals surface area contributed by atoms with Crippen molar-refractivity contribution in [3.8, 4) is 0 Å². The monoisotopic (exact) mass is 431 g/mol. The molecule has 7 heteroatoms. The number of carbonyl (C=O) groups excluding carboxylic acids is 1. The number of aliphatic hydroxyl groups is 1. The van der Waals surface area contributed by atoms with Crippen molar-refractivity contribution in [1.29, 1.82) is 0 Å². The van der Waals surface area contributed by atoms with Crippen molar-refractivity contribution in [2.75, 3.05) is 13.2 Å². The van der Waals surface area contributed by atoms with Gasteiger partial charge in [0.05, 0.1) is 0 Å². The number of amides is 1. The number of ether oxygens (including phenoxy) is 2. The zero-order valence-electron chi connectivity index (χ0n) is 17.4. The van der Waals surface area contributed by atoms with Crippen molar-refractivity contribution in [2.24, 2.45) is 5.92 Å². The molecule has 0 unspecified atom stereocenters. The van der Waals surface area contributed by atoms with Crippen LogP contribution in [-0.4, -0.2) is 30.5 Å². The van der Waals surface area contributed by atoms with Crippen LogP contribution < -0.4 is 5.32 Å².